The number of hydrogen-bond donors (Lipinski definition) is 0. The van der Waals surface area contributed by atoms with Crippen molar-refractivity contribution in [1.29, 1.82) is 0 Å². The van der Waals surface area contributed by atoms with Crippen molar-refractivity contribution in [3.05, 3.63) is 11.5 Å². The van der Waals surface area contributed by atoms with Gasteiger partial charge in [-0.3, -0.25) is 0 Å². The van der Waals surface area contributed by atoms with E-state index >= 15 is 0 Å². The van der Waals surface area contributed by atoms with Crippen molar-refractivity contribution in [1.82, 2.24) is 0 Å². The van der Waals surface area contributed by atoms with E-state index in [1.165, 1.54) is 19.3 Å². The van der Waals surface area contributed by atoms with Crippen LogP contribution in [0.2, 0.25) is 0 Å². The van der Waals surface area contributed by atoms with E-state index in [4.69, 9.17) is 30.3 Å². The number of nitrogens with one attached hydrogen (secondary N) is 2. The first-order valence-corrected chi connectivity index (χ1v) is 10.4. The van der Waals surface area contributed by atoms with Crippen LogP contribution >= 0.6 is 18.8 Å². The Morgan fingerprint density at radius 3 is 1.57 bits per heavy atom. The summed E-state index contributed by atoms with van der Waals surface area (Å²) in [6.45, 7) is 3.67. The fraction of sp³-hybridized carbons (Fsp3) is 1.00. The zero-order chi connectivity index (χ0) is 11.4. The summed E-state index contributed by atoms with van der Waals surface area (Å²) in [6.07, 6.45) is 6.28. The standard InChI is InChI=1S/C6H12N.C3H8N.2ClH.Pt/c7-6-4-2-1-3-5-6;1-3(2)4;;;/h6-7H,1-5H2;3-4H,1-2H3;2*1H;/q2*-1;;;+4/p-2. The summed E-state index contributed by atoms with van der Waals surface area (Å²) >= 11 is -0.472. The average Bonchev–Trinajstić information content (AvgIpc) is 2.05. The molecule has 1 fully saturated rings. The predicted octanol–water partition coefficient (Wildman–Crippen LogP) is 5.19. The van der Waals surface area contributed by atoms with Crippen molar-refractivity contribution in [3.8, 4) is 0 Å². The fourth-order valence-electron chi connectivity index (χ4n) is 1.10. The minimum absolute atomic E-state index is 0.0833. The molecule has 1 rings (SSSR count). The monoisotopic (exact) mass is 421 g/mol. The second kappa shape index (κ2) is 14.2. The Hall–Kier alpha value is 1.19. The zero-order valence-electron chi connectivity index (χ0n) is 8.76. The first kappa shape index (κ1) is 17.6. The van der Waals surface area contributed by atoms with Crippen LogP contribution in [-0.4, -0.2) is 12.1 Å². The SMILES string of the molecule is CC(C)[NH-].[Cl][Pt+2][Cl].[NH-]C1CCCCC1. The number of hydrogen-bond acceptors (Lipinski definition) is 0. The summed E-state index contributed by atoms with van der Waals surface area (Å²) in [5, 5.41) is 0. The quantitative estimate of drug-likeness (QED) is 0.516. The summed E-state index contributed by atoms with van der Waals surface area (Å²) in [4.78, 5) is 0. The van der Waals surface area contributed by atoms with Gasteiger partial charge in [-0.05, 0) is 0 Å². The maximum atomic E-state index is 7.27. The predicted molar refractivity (Wildman–Crippen MR) is 62.4 cm³/mol. The Bertz CT molecular complexity index is 96.1. The molecular formula is C9H20Cl2N2Pt. The van der Waals surface area contributed by atoms with E-state index in [1.807, 2.05) is 13.8 Å². The summed E-state index contributed by atoms with van der Waals surface area (Å²) in [7, 11) is 9.75. The summed E-state index contributed by atoms with van der Waals surface area (Å²) in [5.74, 6) is 0. The van der Waals surface area contributed by atoms with Crippen LogP contribution in [0.25, 0.3) is 11.5 Å². The van der Waals surface area contributed by atoms with Crippen molar-refractivity contribution in [2.45, 2.75) is 58.0 Å². The van der Waals surface area contributed by atoms with Crippen LogP contribution in [0.15, 0.2) is 0 Å². The van der Waals surface area contributed by atoms with Gasteiger partial charge in [0.05, 0.1) is 0 Å². The molecule has 0 radical (unpaired) electrons. The second-order valence-corrected chi connectivity index (χ2v) is 6.82. The van der Waals surface area contributed by atoms with Crippen LogP contribution in [0.1, 0.15) is 46.0 Å². The molecule has 0 heterocycles. The molecule has 1 saturated carbocycles. The van der Waals surface area contributed by atoms with Gasteiger partial charge in [0.1, 0.15) is 0 Å². The van der Waals surface area contributed by atoms with Crippen LogP contribution in [0.3, 0.4) is 0 Å². The zero-order valence-corrected chi connectivity index (χ0v) is 12.5. The van der Waals surface area contributed by atoms with Crippen molar-refractivity contribution in [2.24, 2.45) is 0 Å². The van der Waals surface area contributed by atoms with Gasteiger partial charge in [0, 0.05) is 0 Å². The van der Waals surface area contributed by atoms with E-state index in [0.29, 0.717) is 0 Å². The molecule has 1 aliphatic carbocycles. The molecule has 0 amide bonds. The van der Waals surface area contributed by atoms with Crippen LogP contribution < -0.4 is 0 Å². The Morgan fingerprint density at radius 2 is 1.43 bits per heavy atom. The molecule has 2 N–H and O–H groups in total. The van der Waals surface area contributed by atoms with Gasteiger partial charge >= 0.3 is 35.3 Å². The van der Waals surface area contributed by atoms with Gasteiger partial charge in [-0.1, -0.05) is 46.0 Å². The van der Waals surface area contributed by atoms with Crippen molar-refractivity contribution in [3.63, 3.8) is 0 Å². The third-order valence-corrected chi connectivity index (χ3v) is 1.61. The van der Waals surface area contributed by atoms with E-state index in [1.54, 1.807) is 0 Å². The van der Waals surface area contributed by atoms with Crippen molar-refractivity contribution >= 4 is 18.8 Å². The molecule has 0 aromatic heterocycles. The van der Waals surface area contributed by atoms with Gasteiger partial charge < -0.3 is 11.5 Å². The molecule has 0 atom stereocenters. The van der Waals surface area contributed by atoms with Crippen LogP contribution in [0.5, 0.6) is 0 Å². The topological polar surface area (TPSA) is 47.6 Å². The Morgan fingerprint density at radius 1 is 1.14 bits per heavy atom. The third kappa shape index (κ3) is 23.2. The van der Waals surface area contributed by atoms with Crippen molar-refractivity contribution in [2.75, 3.05) is 0 Å². The van der Waals surface area contributed by atoms with Gasteiger partial charge in [-0.25, -0.2) is 0 Å². The molecule has 1 aliphatic rings. The second-order valence-electron chi connectivity index (χ2n) is 3.53. The van der Waals surface area contributed by atoms with Crippen LogP contribution in [0.4, 0.5) is 0 Å². The fourth-order valence-corrected chi connectivity index (χ4v) is 1.10. The van der Waals surface area contributed by atoms with Gasteiger partial charge in [-0.2, -0.15) is 0 Å². The van der Waals surface area contributed by atoms with E-state index in [2.05, 4.69) is 0 Å². The molecule has 0 spiro atoms. The molecule has 14 heavy (non-hydrogen) atoms. The largest absolute Gasteiger partial charge is 0.675 e. The summed E-state index contributed by atoms with van der Waals surface area (Å²) in [5.41, 5.74) is 13.9. The minimum Gasteiger partial charge on any atom is -0.675 e. The van der Waals surface area contributed by atoms with Gasteiger partial charge in [0.25, 0.3) is 0 Å². The van der Waals surface area contributed by atoms with Gasteiger partial charge in [0.2, 0.25) is 0 Å². The smallest absolute Gasteiger partial charge is 0.0534 e. The molecule has 2 nitrogen and oxygen atoms in total. The molecule has 0 saturated heterocycles. The molecule has 0 unspecified atom stereocenters. The van der Waals surface area contributed by atoms with Gasteiger partial charge in [-0.15, -0.1) is 12.1 Å². The minimum atomic E-state index is -0.472. The molecule has 90 valence electrons. The number of halogens is 2. The Labute approximate surface area is 104 Å². The molecular weight excluding hydrogens is 402 g/mol. The maximum Gasteiger partial charge on any atom is -0.0534 e. The van der Waals surface area contributed by atoms with Crippen LogP contribution in [-0.2, 0) is 16.5 Å². The van der Waals surface area contributed by atoms with Gasteiger partial charge in [0.15, 0.2) is 0 Å². The van der Waals surface area contributed by atoms with E-state index < -0.39 is 16.5 Å². The third-order valence-electron chi connectivity index (χ3n) is 1.61. The van der Waals surface area contributed by atoms with E-state index in [0.717, 1.165) is 12.8 Å². The number of rotatable bonds is 0. The van der Waals surface area contributed by atoms with Crippen molar-refractivity contribution < 1.29 is 16.5 Å². The maximum absolute atomic E-state index is 7.27. The molecule has 5 heteroatoms. The van der Waals surface area contributed by atoms with E-state index in [-0.39, 0.29) is 12.1 Å². The average molecular weight is 422 g/mol. The summed E-state index contributed by atoms with van der Waals surface area (Å²) in [6, 6.07) is 0.369. The Balaban J connectivity index is 0. The first-order chi connectivity index (χ1) is 6.54. The van der Waals surface area contributed by atoms with Crippen LogP contribution in [0, 0.1) is 0 Å². The summed E-state index contributed by atoms with van der Waals surface area (Å²) < 4.78 is 0. The molecule has 0 aromatic rings. The van der Waals surface area contributed by atoms with E-state index in [9.17, 15) is 0 Å². The normalized spacial score (nSPS) is 16.8. The Kier molecular flexibility index (Phi) is 17.8. The molecule has 0 aromatic carbocycles. The molecule has 0 bridgehead atoms. The first-order valence-electron chi connectivity index (χ1n) is 4.79. The molecule has 0 aliphatic heterocycles.